The fraction of sp³-hybridized carbons (Fsp3) is 0.333. The molecule has 0 aliphatic heterocycles. The van der Waals surface area contributed by atoms with Gasteiger partial charge < -0.3 is 15.4 Å². The van der Waals surface area contributed by atoms with Gasteiger partial charge >= 0.3 is 5.97 Å². The number of hydrogen-bond donors (Lipinski definition) is 2. The van der Waals surface area contributed by atoms with Crippen LogP contribution in [0.1, 0.15) is 31.1 Å². The third-order valence-corrected chi connectivity index (χ3v) is 4.60. The topological polar surface area (TPSA) is 67.4 Å². The molecule has 1 aromatic heterocycles. The van der Waals surface area contributed by atoms with Crippen molar-refractivity contribution in [2.24, 2.45) is 0 Å². The normalized spacial score (nSPS) is 11.2. The molecular weight excluding hydrogens is 360 g/mol. The van der Waals surface area contributed by atoms with Gasteiger partial charge in [-0.1, -0.05) is 29.8 Å². The van der Waals surface area contributed by atoms with E-state index in [-0.39, 0.29) is 18.0 Å². The largest absolute Gasteiger partial charge is 0.465 e. The van der Waals surface area contributed by atoms with Gasteiger partial charge in [0.2, 0.25) is 5.91 Å². The average molecular weight is 381 g/mol. The molecule has 0 atom stereocenters. The predicted molar refractivity (Wildman–Crippen MR) is 102 cm³/mol. The summed E-state index contributed by atoms with van der Waals surface area (Å²) in [7, 11) is 1.31. The fourth-order valence-electron chi connectivity index (χ4n) is 2.15. The lowest BCUT2D eigenvalue weighted by Crippen LogP contribution is -2.41. The Balaban J connectivity index is 2.32. The molecule has 25 heavy (non-hydrogen) atoms. The Morgan fingerprint density at radius 2 is 1.88 bits per heavy atom. The van der Waals surface area contributed by atoms with Crippen LogP contribution in [0.25, 0.3) is 11.1 Å². The Kier molecular flexibility index (Phi) is 6.21. The van der Waals surface area contributed by atoms with Crippen LogP contribution in [0.3, 0.4) is 0 Å². The van der Waals surface area contributed by atoms with Crippen LogP contribution in [0.15, 0.2) is 29.6 Å². The summed E-state index contributed by atoms with van der Waals surface area (Å²) >= 11 is 7.51. The number of halogens is 1. The number of carbonyl (C=O) groups excluding carboxylic acids is 2. The van der Waals surface area contributed by atoms with Gasteiger partial charge in [-0.15, -0.1) is 11.3 Å². The SMILES string of the molecule is COC(=O)c1c(-c2ccccc2Cl)csc1NC(=O)CNC(C)(C)C. The zero-order chi connectivity index (χ0) is 18.6. The maximum Gasteiger partial charge on any atom is 0.341 e. The Morgan fingerprint density at radius 3 is 2.48 bits per heavy atom. The van der Waals surface area contributed by atoms with Crippen molar-refractivity contribution in [3.8, 4) is 11.1 Å². The lowest BCUT2D eigenvalue weighted by molar-refractivity contribution is -0.115. The van der Waals surface area contributed by atoms with Crippen molar-refractivity contribution in [3.63, 3.8) is 0 Å². The maximum absolute atomic E-state index is 12.3. The van der Waals surface area contributed by atoms with Gasteiger partial charge in [0.15, 0.2) is 0 Å². The molecule has 0 aliphatic rings. The van der Waals surface area contributed by atoms with Crippen molar-refractivity contribution < 1.29 is 14.3 Å². The van der Waals surface area contributed by atoms with E-state index in [0.717, 1.165) is 0 Å². The van der Waals surface area contributed by atoms with E-state index in [1.807, 2.05) is 39.0 Å². The summed E-state index contributed by atoms with van der Waals surface area (Å²) in [5.41, 5.74) is 1.49. The number of nitrogens with one attached hydrogen (secondary N) is 2. The molecule has 5 nitrogen and oxygen atoms in total. The van der Waals surface area contributed by atoms with Gasteiger partial charge in [0.1, 0.15) is 10.6 Å². The molecule has 0 saturated heterocycles. The molecule has 0 saturated carbocycles. The summed E-state index contributed by atoms with van der Waals surface area (Å²) < 4.78 is 4.89. The van der Waals surface area contributed by atoms with Crippen LogP contribution in [-0.2, 0) is 9.53 Å². The highest BCUT2D eigenvalue weighted by molar-refractivity contribution is 7.15. The molecule has 1 heterocycles. The first kappa shape index (κ1) is 19.4. The number of anilines is 1. The molecule has 0 unspecified atom stereocenters. The number of hydrogen-bond acceptors (Lipinski definition) is 5. The highest BCUT2D eigenvalue weighted by Gasteiger charge is 2.23. The second-order valence-electron chi connectivity index (χ2n) is 6.48. The first-order valence-corrected chi connectivity index (χ1v) is 8.98. The number of ether oxygens (including phenoxy) is 1. The monoisotopic (exact) mass is 380 g/mol. The van der Waals surface area contributed by atoms with E-state index < -0.39 is 5.97 Å². The smallest absolute Gasteiger partial charge is 0.341 e. The minimum atomic E-state index is -0.518. The van der Waals surface area contributed by atoms with Crippen LogP contribution in [0.5, 0.6) is 0 Å². The molecule has 0 aliphatic carbocycles. The third-order valence-electron chi connectivity index (χ3n) is 3.38. The van der Waals surface area contributed by atoms with E-state index in [2.05, 4.69) is 10.6 Å². The summed E-state index contributed by atoms with van der Waals surface area (Å²) in [5.74, 6) is -0.747. The second kappa shape index (κ2) is 7.99. The molecule has 2 rings (SSSR count). The Bertz CT molecular complexity index is 781. The van der Waals surface area contributed by atoms with E-state index in [0.29, 0.717) is 26.7 Å². The summed E-state index contributed by atoms with van der Waals surface area (Å²) in [5, 5.41) is 8.65. The molecule has 0 fully saturated rings. The van der Waals surface area contributed by atoms with Gasteiger partial charge in [-0.05, 0) is 26.8 Å². The zero-order valence-electron chi connectivity index (χ0n) is 14.6. The van der Waals surface area contributed by atoms with Crippen molar-refractivity contribution >= 4 is 39.8 Å². The predicted octanol–water partition coefficient (Wildman–Crippen LogP) is 4.18. The Labute approximate surface area is 156 Å². The maximum atomic E-state index is 12.3. The number of amides is 1. The van der Waals surface area contributed by atoms with Crippen LogP contribution in [0.2, 0.25) is 5.02 Å². The zero-order valence-corrected chi connectivity index (χ0v) is 16.2. The van der Waals surface area contributed by atoms with Crippen LogP contribution in [0, 0.1) is 0 Å². The van der Waals surface area contributed by atoms with Crippen molar-refractivity contribution in [1.29, 1.82) is 0 Å². The number of rotatable bonds is 5. The quantitative estimate of drug-likeness (QED) is 0.763. The molecule has 1 amide bonds. The van der Waals surface area contributed by atoms with Crippen molar-refractivity contribution in [3.05, 3.63) is 40.2 Å². The summed E-state index contributed by atoms with van der Waals surface area (Å²) in [6.45, 7) is 6.06. The summed E-state index contributed by atoms with van der Waals surface area (Å²) in [4.78, 5) is 24.5. The van der Waals surface area contributed by atoms with Gasteiger partial charge in [0.25, 0.3) is 0 Å². The minimum Gasteiger partial charge on any atom is -0.465 e. The standard InChI is InChI=1S/C18H21ClN2O3S/c1-18(2,3)20-9-14(22)21-16-15(17(23)24-4)12(10-25-16)11-7-5-6-8-13(11)19/h5-8,10,20H,9H2,1-4H3,(H,21,22). The molecule has 0 spiro atoms. The average Bonchev–Trinajstić information content (AvgIpc) is 2.95. The molecule has 0 bridgehead atoms. The van der Waals surface area contributed by atoms with E-state index in [1.165, 1.54) is 18.4 Å². The van der Waals surface area contributed by atoms with Crippen LogP contribution in [-0.4, -0.2) is 31.1 Å². The molecule has 2 aromatic rings. The van der Waals surface area contributed by atoms with Gasteiger partial charge in [-0.3, -0.25) is 4.79 Å². The van der Waals surface area contributed by atoms with Crippen molar-refractivity contribution in [1.82, 2.24) is 5.32 Å². The number of thiophene rings is 1. The number of esters is 1. The van der Waals surface area contributed by atoms with Crippen molar-refractivity contribution in [2.45, 2.75) is 26.3 Å². The van der Waals surface area contributed by atoms with E-state index in [4.69, 9.17) is 16.3 Å². The summed E-state index contributed by atoms with van der Waals surface area (Å²) in [6, 6.07) is 7.23. The second-order valence-corrected chi connectivity index (χ2v) is 7.76. The lowest BCUT2D eigenvalue weighted by atomic mass is 10.0. The van der Waals surface area contributed by atoms with Crippen molar-refractivity contribution in [2.75, 3.05) is 19.0 Å². The third kappa shape index (κ3) is 5.04. The van der Waals surface area contributed by atoms with Gasteiger partial charge in [-0.2, -0.15) is 0 Å². The fourth-order valence-corrected chi connectivity index (χ4v) is 3.35. The highest BCUT2D eigenvalue weighted by Crippen LogP contribution is 2.38. The van der Waals surface area contributed by atoms with Crippen LogP contribution < -0.4 is 10.6 Å². The molecule has 2 N–H and O–H groups in total. The number of benzene rings is 1. The first-order valence-electron chi connectivity index (χ1n) is 7.72. The van der Waals surface area contributed by atoms with E-state index in [9.17, 15) is 9.59 Å². The number of methoxy groups -OCH3 is 1. The van der Waals surface area contributed by atoms with Crippen LogP contribution >= 0.6 is 22.9 Å². The van der Waals surface area contributed by atoms with Gasteiger partial charge in [0.05, 0.1) is 13.7 Å². The Hall–Kier alpha value is -1.89. The van der Waals surface area contributed by atoms with Gasteiger partial charge in [-0.25, -0.2) is 4.79 Å². The van der Waals surface area contributed by atoms with E-state index >= 15 is 0 Å². The Morgan fingerprint density at radius 1 is 1.20 bits per heavy atom. The molecule has 134 valence electrons. The molecule has 1 aromatic carbocycles. The first-order chi connectivity index (χ1) is 11.7. The van der Waals surface area contributed by atoms with Crippen LogP contribution in [0.4, 0.5) is 5.00 Å². The summed E-state index contributed by atoms with van der Waals surface area (Å²) in [6.07, 6.45) is 0. The molecular formula is C18H21ClN2O3S. The highest BCUT2D eigenvalue weighted by atomic mass is 35.5. The van der Waals surface area contributed by atoms with E-state index in [1.54, 1.807) is 11.4 Å². The molecule has 7 heteroatoms. The minimum absolute atomic E-state index is 0.142. The molecule has 0 radical (unpaired) electrons. The number of carbonyl (C=O) groups is 2. The lowest BCUT2D eigenvalue weighted by Gasteiger charge is -2.20. The van der Waals surface area contributed by atoms with Gasteiger partial charge in [0, 0.05) is 27.1 Å².